The zero-order chi connectivity index (χ0) is 7.56. The maximum atomic E-state index is 2.41. The molecule has 0 nitrogen and oxygen atoms in total. The lowest BCUT2D eigenvalue weighted by Gasteiger charge is -2.26. The second-order valence-corrected chi connectivity index (χ2v) is 3.64. The number of allylic oxidation sites excluding steroid dienone is 2. The minimum Gasteiger partial charge on any atom is -0.0853 e. The second kappa shape index (κ2) is 3.23. The van der Waals surface area contributed by atoms with Gasteiger partial charge in [0.1, 0.15) is 0 Å². The van der Waals surface area contributed by atoms with Crippen molar-refractivity contribution < 1.29 is 0 Å². The van der Waals surface area contributed by atoms with Crippen molar-refractivity contribution in [1.82, 2.24) is 0 Å². The lowest BCUT2D eigenvalue weighted by Crippen LogP contribution is -2.14. The van der Waals surface area contributed by atoms with Gasteiger partial charge < -0.3 is 0 Å². The maximum absolute atomic E-state index is 2.41. The molecule has 0 heteroatoms. The van der Waals surface area contributed by atoms with Gasteiger partial charge in [0.2, 0.25) is 0 Å². The summed E-state index contributed by atoms with van der Waals surface area (Å²) < 4.78 is 0. The summed E-state index contributed by atoms with van der Waals surface area (Å²) in [5.74, 6) is 1.89. The molecule has 1 aliphatic carbocycles. The van der Waals surface area contributed by atoms with E-state index in [1.165, 1.54) is 19.3 Å². The van der Waals surface area contributed by atoms with Crippen molar-refractivity contribution in [2.24, 2.45) is 11.8 Å². The Morgan fingerprint density at radius 2 is 2.30 bits per heavy atom. The predicted molar refractivity (Wildman–Crippen MR) is 45.9 cm³/mol. The molecule has 0 heterocycles. The molecular formula is C10H18. The van der Waals surface area contributed by atoms with Crippen molar-refractivity contribution in [1.29, 1.82) is 0 Å². The van der Waals surface area contributed by atoms with Gasteiger partial charge in [0.15, 0.2) is 0 Å². The van der Waals surface area contributed by atoms with Gasteiger partial charge in [-0.2, -0.15) is 0 Å². The molecule has 2 atom stereocenters. The zero-order valence-corrected chi connectivity index (χ0v) is 7.35. The Bertz CT molecular complexity index is 133. The van der Waals surface area contributed by atoms with Crippen molar-refractivity contribution in [3.63, 3.8) is 0 Å². The quantitative estimate of drug-likeness (QED) is 0.487. The largest absolute Gasteiger partial charge is 0.0853 e. The van der Waals surface area contributed by atoms with Gasteiger partial charge in [0.25, 0.3) is 0 Å². The molecule has 0 unspecified atom stereocenters. The normalized spacial score (nSPS) is 33.7. The van der Waals surface area contributed by atoms with Crippen LogP contribution in [0.4, 0.5) is 0 Å². The highest BCUT2D eigenvalue weighted by atomic mass is 14.2. The third kappa shape index (κ3) is 1.62. The van der Waals surface area contributed by atoms with Crippen molar-refractivity contribution in [2.45, 2.75) is 40.0 Å². The molecule has 0 aliphatic heterocycles. The molecule has 0 aromatic carbocycles. The van der Waals surface area contributed by atoms with Gasteiger partial charge in [-0.3, -0.25) is 0 Å². The van der Waals surface area contributed by atoms with E-state index in [-0.39, 0.29) is 0 Å². The monoisotopic (exact) mass is 138 g/mol. The zero-order valence-electron chi connectivity index (χ0n) is 7.35. The summed E-state index contributed by atoms with van der Waals surface area (Å²) in [6, 6.07) is 0. The van der Waals surface area contributed by atoms with Crippen molar-refractivity contribution in [3.05, 3.63) is 11.6 Å². The minimum atomic E-state index is 0.926. The van der Waals surface area contributed by atoms with Crippen LogP contribution in [0.15, 0.2) is 11.6 Å². The van der Waals surface area contributed by atoms with Crippen LogP contribution in [-0.2, 0) is 0 Å². The molecule has 0 N–H and O–H groups in total. The van der Waals surface area contributed by atoms with Gasteiger partial charge >= 0.3 is 0 Å². The summed E-state index contributed by atoms with van der Waals surface area (Å²) in [7, 11) is 0. The van der Waals surface area contributed by atoms with Crippen LogP contribution in [0.5, 0.6) is 0 Å². The van der Waals surface area contributed by atoms with Gasteiger partial charge in [0, 0.05) is 0 Å². The van der Waals surface area contributed by atoms with E-state index in [0.717, 1.165) is 11.8 Å². The van der Waals surface area contributed by atoms with Crippen molar-refractivity contribution in [2.75, 3.05) is 0 Å². The number of rotatable bonds is 1. The summed E-state index contributed by atoms with van der Waals surface area (Å²) in [6.45, 7) is 6.93. The highest BCUT2D eigenvalue weighted by Crippen LogP contribution is 2.30. The smallest absolute Gasteiger partial charge is 0.0294 e. The lowest BCUT2D eigenvalue weighted by atomic mass is 9.80. The minimum absolute atomic E-state index is 0.926. The summed E-state index contributed by atoms with van der Waals surface area (Å²) >= 11 is 0. The van der Waals surface area contributed by atoms with E-state index in [2.05, 4.69) is 26.8 Å². The molecule has 0 aromatic heterocycles. The molecule has 0 fully saturated rings. The maximum Gasteiger partial charge on any atom is -0.0294 e. The van der Waals surface area contributed by atoms with Crippen LogP contribution in [0.1, 0.15) is 40.0 Å². The molecule has 0 amide bonds. The molecule has 1 rings (SSSR count). The average molecular weight is 138 g/mol. The standard InChI is InChI=1S/C10H18/c1-4-10-6-5-8(2)7-9(10)3/h5,9-10H,4,6-7H2,1-3H3/t9-,10+/m0/s1. The van der Waals surface area contributed by atoms with Crippen LogP contribution in [0, 0.1) is 11.8 Å². The van der Waals surface area contributed by atoms with E-state index in [0.29, 0.717) is 0 Å². The van der Waals surface area contributed by atoms with Gasteiger partial charge in [-0.05, 0) is 31.6 Å². The molecule has 1 aliphatic rings. The highest BCUT2D eigenvalue weighted by Gasteiger charge is 2.18. The summed E-state index contributed by atoms with van der Waals surface area (Å²) in [6.07, 6.45) is 6.42. The third-order valence-electron chi connectivity index (χ3n) is 2.74. The van der Waals surface area contributed by atoms with Crippen LogP contribution >= 0.6 is 0 Å². The third-order valence-corrected chi connectivity index (χ3v) is 2.74. The molecule has 0 saturated heterocycles. The molecule has 0 aromatic rings. The first-order chi connectivity index (χ1) is 4.74. The lowest BCUT2D eigenvalue weighted by molar-refractivity contribution is 0.331. The Balaban J connectivity index is 2.52. The van der Waals surface area contributed by atoms with Gasteiger partial charge in [-0.15, -0.1) is 0 Å². The fourth-order valence-corrected chi connectivity index (χ4v) is 1.91. The van der Waals surface area contributed by atoms with E-state index in [1.807, 2.05) is 0 Å². The van der Waals surface area contributed by atoms with Crippen LogP contribution in [0.3, 0.4) is 0 Å². The van der Waals surface area contributed by atoms with Crippen LogP contribution in [-0.4, -0.2) is 0 Å². The van der Waals surface area contributed by atoms with Crippen LogP contribution in [0.2, 0.25) is 0 Å². The van der Waals surface area contributed by atoms with E-state index >= 15 is 0 Å². The van der Waals surface area contributed by atoms with Gasteiger partial charge in [0.05, 0.1) is 0 Å². The van der Waals surface area contributed by atoms with Crippen molar-refractivity contribution >= 4 is 0 Å². The van der Waals surface area contributed by atoms with Crippen molar-refractivity contribution in [3.8, 4) is 0 Å². The Morgan fingerprint density at radius 3 is 2.80 bits per heavy atom. The van der Waals surface area contributed by atoms with Gasteiger partial charge in [-0.1, -0.05) is 31.9 Å². The van der Waals surface area contributed by atoms with Crippen LogP contribution in [0.25, 0.3) is 0 Å². The fourth-order valence-electron chi connectivity index (χ4n) is 1.91. The predicted octanol–water partition coefficient (Wildman–Crippen LogP) is 3.39. The average Bonchev–Trinajstić information content (AvgIpc) is 1.88. The summed E-state index contributed by atoms with van der Waals surface area (Å²) in [4.78, 5) is 0. The molecule has 58 valence electrons. The molecule has 0 radical (unpaired) electrons. The Hall–Kier alpha value is -0.260. The Morgan fingerprint density at radius 1 is 1.60 bits per heavy atom. The Kier molecular flexibility index (Phi) is 2.53. The first kappa shape index (κ1) is 7.84. The van der Waals surface area contributed by atoms with E-state index < -0.39 is 0 Å². The van der Waals surface area contributed by atoms with E-state index in [4.69, 9.17) is 0 Å². The van der Waals surface area contributed by atoms with E-state index in [9.17, 15) is 0 Å². The molecule has 10 heavy (non-hydrogen) atoms. The molecule has 0 bridgehead atoms. The first-order valence-electron chi connectivity index (χ1n) is 4.39. The topological polar surface area (TPSA) is 0 Å². The number of hydrogen-bond acceptors (Lipinski definition) is 0. The first-order valence-corrected chi connectivity index (χ1v) is 4.39. The second-order valence-electron chi connectivity index (χ2n) is 3.64. The summed E-state index contributed by atoms with van der Waals surface area (Å²) in [5, 5.41) is 0. The fraction of sp³-hybridized carbons (Fsp3) is 0.800. The Labute approximate surface area is 64.3 Å². The number of hydrogen-bond donors (Lipinski definition) is 0. The van der Waals surface area contributed by atoms with Gasteiger partial charge in [-0.25, -0.2) is 0 Å². The SMILES string of the molecule is CC[C@@H]1CC=C(C)C[C@@H]1C. The molecule has 0 saturated carbocycles. The van der Waals surface area contributed by atoms with Crippen LogP contribution < -0.4 is 0 Å². The molecule has 0 spiro atoms. The summed E-state index contributed by atoms with van der Waals surface area (Å²) in [5.41, 5.74) is 1.59. The molecular weight excluding hydrogens is 120 g/mol. The highest BCUT2D eigenvalue weighted by molar-refractivity contribution is 5.04. The van der Waals surface area contributed by atoms with E-state index in [1.54, 1.807) is 5.57 Å².